The number of hydrogen-bond donors (Lipinski definition) is 1. The zero-order valence-electron chi connectivity index (χ0n) is 5.53. The fourth-order valence-corrected chi connectivity index (χ4v) is 1.27. The summed E-state index contributed by atoms with van der Waals surface area (Å²) in [5, 5.41) is 8.32. The van der Waals surface area contributed by atoms with E-state index in [1.165, 1.54) is 0 Å². The van der Waals surface area contributed by atoms with Crippen LogP contribution < -0.4 is 4.87 Å². The quantitative estimate of drug-likeness (QED) is 0.765. The highest BCUT2D eigenvalue weighted by Gasteiger charge is 2.15. The van der Waals surface area contributed by atoms with Gasteiger partial charge in [-0.05, 0) is 0 Å². The number of rotatable bonds is 2. The first-order chi connectivity index (χ1) is 5.52. The predicted octanol–water partition coefficient (Wildman–Crippen LogP) is 1.00. The van der Waals surface area contributed by atoms with Crippen LogP contribution in [0.5, 0.6) is 0 Å². The Bertz CT molecular complexity index is 356. The number of carboxylic acids is 1. The Labute approximate surface area is 68.7 Å². The minimum Gasteiger partial charge on any atom is -0.477 e. The molecule has 1 aromatic rings. The summed E-state index contributed by atoms with van der Waals surface area (Å²) in [6, 6.07) is 0. The number of carboxylic acid groups (broad SMARTS) is 1. The fourth-order valence-electron chi connectivity index (χ4n) is 0.587. The molecule has 0 aliphatic rings. The van der Waals surface area contributed by atoms with Crippen LogP contribution in [-0.4, -0.2) is 15.6 Å². The molecule has 1 aromatic heterocycles. The van der Waals surface area contributed by atoms with Gasteiger partial charge in [0.25, 0.3) is 0 Å². The molecule has 1 heterocycles. The summed E-state index contributed by atoms with van der Waals surface area (Å²) in [7, 11) is 0. The zero-order valence-corrected chi connectivity index (χ0v) is 6.35. The first-order valence-corrected chi connectivity index (χ1v) is 3.57. The molecule has 0 saturated carbocycles. The van der Waals surface area contributed by atoms with Crippen molar-refractivity contribution in [3.05, 3.63) is 20.7 Å². The van der Waals surface area contributed by atoms with Crippen molar-refractivity contribution in [3.8, 4) is 0 Å². The minimum absolute atomic E-state index is 0.0775. The summed E-state index contributed by atoms with van der Waals surface area (Å²) >= 11 is 0.279. The van der Waals surface area contributed by atoms with Crippen LogP contribution in [-0.2, 0) is 0 Å². The number of hydrogen-bond acceptors (Lipinski definition) is 3. The summed E-state index contributed by atoms with van der Waals surface area (Å²) in [6.07, 6.45) is 0.625. The maximum atomic E-state index is 11.9. The molecule has 1 N–H and O–H groups in total. The molecular weight excluding hydrogens is 192 g/mol. The largest absolute Gasteiger partial charge is 0.477 e. The van der Waals surface area contributed by atoms with Crippen LogP contribution in [0.25, 0.3) is 0 Å². The summed E-state index contributed by atoms with van der Waals surface area (Å²) in [4.78, 5) is 19.5. The average molecular weight is 195 g/mol. The number of halogens is 2. The molecule has 0 aliphatic carbocycles. The number of alkyl halides is 2. The predicted molar refractivity (Wildman–Crippen MR) is 36.8 cm³/mol. The van der Waals surface area contributed by atoms with Crippen LogP contribution in [0.3, 0.4) is 0 Å². The SMILES string of the molecule is O=C(O)c1cn(C(F)F)c(=O)s1. The first kappa shape index (κ1) is 8.85. The van der Waals surface area contributed by atoms with Crippen molar-refractivity contribution in [1.82, 2.24) is 4.57 Å². The first-order valence-electron chi connectivity index (χ1n) is 2.76. The number of aromatic carboxylic acids is 1. The molecule has 0 atom stereocenters. The van der Waals surface area contributed by atoms with E-state index in [2.05, 4.69) is 0 Å². The third kappa shape index (κ3) is 1.50. The molecule has 0 spiro atoms. The molecule has 66 valence electrons. The van der Waals surface area contributed by atoms with E-state index in [0.717, 1.165) is 0 Å². The Morgan fingerprint density at radius 2 is 2.25 bits per heavy atom. The van der Waals surface area contributed by atoms with Crippen molar-refractivity contribution in [2.45, 2.75) is 6.55 Å². The van der Waals surface area contributed by atoms with Crippen LogP contribution >= 0.6 is 11.3 Å². The van der Waals surface area contributed by atoms with Crippen LogP contribution in [0.1, 0.15) is 16.2 Å². The average Bonchev–Trinajstić information content (AvgIpc) is 2.30. The van der Waals surface area contributed by atoms with Gasteiger partial charge in [0.1, 0.15) is 4.88 Å². The highest BCUT2D eigenvalue weighted by molar-refractivity contribution is 7.11. The second-order valence-corrected chi connectivity index (χ2v) is 2.84. The third-order valence-corrected chi connectivity index (χ3v) is 1.97. The molecule has 0 aliphatic heterocycles. The lowest BCUT2D eigenvalue weighted by atomic mass is 10.6. The minimum atomic E-state index is -2.98. The second kappa shape index (κ2) is 3.02. The Morgan fingerprint density at radius 1 is 1.67 bits per heavy atom. The van der Waals surface area contributed by atoms with Gasteiger partial charge in [-0.2, -0.15) is 8.78 Å². The molecule has 0 fully saturated rings. The maximum absolute atomic E-state index is 11.9. The van der Waals surface area contributed by atoms with Gasteiger partial charge in [-0.3, -0.25) is 4.79 Å². The van der Waals surface area contributed by atoms with Gasteiger partial charge in [0.2, 0.25) is 0 Å². The van der Waals surface area contributed by atoms with E-state index in [1.807, 2.05) is 0 Å². The van der Waals surface area contributed by atoms with Crippen LogP contribution in [0.4, 0.5) is 8.78 Å². The maximum Gasteiger partial charge on any atom is 0.347 e. The zero-order chi connectivity index (χ0) is 9.30. The second-order valence-electron chi connectivity index (χ2n) is 1.85. The van der Waals surface area contributed by atoms with E-state index in [1.54, 1.807) is 0 Å². The molecule has 0 bridgehead atoms. The van der Waals surface area contributed by atoms with Crippen molar-refractivity contribution < 1.29 is 18.7 Å². The van der Waals surface area contributed by atoms with Crippen molar-refractivity contribution in [2.24, 2.45) is 0 Å². The van der Waals surface area contributed by atoms with Crippen LogP contribution in [0.2, 0.25) is 0 Å². The number of aromatic nitrogens is 1. The van der Waals surface area contributed by atoms with Gasteiger partial charge in [0.15, 0.2) is 0 Å². The lowest BCUT2D eigenvalue weighted by molar-refractivity contribution is 0.0661. The van der Waals surface area contributed by atoms with Crippen molar-refractivity contribution in [1.29, 1.82) is 0 Å². The standard InChI is InChI=1S/C5H3F2NO3S/c6-4(7)8-1-2(3(9)10)12-5(8)11/h1,4H,(H,9,10). The topological polar surface area (TPSA) is 59.3 Å². The monoisotopic (exact) mass is 195 g/mol. The van der Waals surface area contributed by atoms with E-state index < -0.39 is 17.4 Å². The number of carbonyl (C=O) groups is 1. The molecule has 0 unspecified atom stereocenters. The molecule has 4 nitrogen and oxygen atoms in total. The van der Waals surface area contributed by atoms with E-state index in [9.17, 15) is 18.4 Å². The van der Waals surface area contributed by atoms with Crippen LogP contribution in [0.15, 0.2) is 11.0 Å². The van der Waals surface area contributed by atoms with Gasteiger partial charge < -0.3 is 5.11 Å². The van der Waals surface area contributed by atoms with Crippen molar-refractivity contribution >= 4 is 17.3 Å². The van der Waals surface area contributed by atoms with Crippen LogP contribution in [0, 0.1) is 0 Å². The highest BCUT2D eigenvalue weighted by Crippen LogP contribution is 2.11. The summed E-state index contributed by atoms with van der Waals surface area (Å²) in [5.74, 6) is -1.38. The summed E-state index contributed by atoms with van der Waals surface area (Å²) in [6.45, 7) is -2.98. The molecule has 7 heteroatoms. The van der Waals surface area contributed by atoms with E-state index in [-0.39, 0.29) is 20.8 Å². The lowest BCUT2D eigenvalue weighted by Crippen LogP contribution is -2.11. The molecule has 0 saturated heterocycles. The van der Waals surface area contributed by atoms with E-state index in [4.69, 9.17) is 5.11 Å². The summed E-state index contributed by atoms with van der Waals surface area (Å²) < 4.78 is 23.8. The molecule has 0 aromatic carbocycles. The van der Waals surface area contributed by atoms with Crippen molar-refractivity contribution in [2.75, 3.05) is 0 Å². The molecule has 12 heavy (non-hydrogen) atoms. The van der Waals surface area contributed by atoms with Crippen molar-refractivity contribution in [3.63, 3.8) is 0 Å². The van der Waals surface area contributed by atoms with Gasteiger partial charge >= 0.3 is 17.4 Å². The molecule has 0 amide bonds. The number of thiazole rings is 1. The Hall–Kier alpha value is -1.24. The lowest BCUT2D eigenvalue weighted by Gasteiger charge is -1.94. The smallest absolute Gasteiger partial charge is 0.347 e. The molecule has 0 radical (unpaired) electrons. The Balaban J connectivity index is 3.18. The van der Waals surface area contributed by atoms with Gasteiger partial charge in [-0.15, -0.1) is 0 Å². The third-order valence-electron chi connectivity index (χ3n) is 1.09. The molecule has 1 rings (SSSR count). The van der Waals surface area contributed by atoms with Gasteiger partial charge in [-0.1, -0.05) is 11.3 Å². The Morgan fingerprint density at radius 3 is 2.50 bits per heavy atom. The normalized spacial score (nSPS) is 10.6. The van der Waals surface area contributed by atoms with Gasteiger partial charge in [0, 0.05) is 6.20 Å². The number of nitrogens with zero attached hydrogens (tertiary/aromatic N) is 1. The molecular formula is C5H3F2NO3S. The van der Waals surface area contributed by atoms with E-state index >= 15 is 0 Å². The van der Waals surface area contributed by atoms with E-state index in [0.29, 0.717) is 6.20 Å². The summed E-state index contributed by atoms with van der Waals surface area (Å²) in [5.41, 5.74) is 0. The fraction of sp³-hybridized carbons (Fsp3) is 0.200. The van der Waals surface area contributed by atoms with Gasteiger partial charge in [0.05, 0.1) is 0 Å². The Kier molecular flexibility index (Phi) is 2.22. The van der Waals surface area contributed by atoms with Gasteiger partial charge in [-0.25, -0.2) is 9.36 Å². The highest BCUT2D eigenvalue weighted by atomic mass is 32.1.